The third-order valence-corrected chi connectivity index (χ3v) is 4.52. The highest BCUT2D eigenvalue weighted by Crippen LogP contribution is 2.23. The van der Waals surface area contributed by atoms with Crippen LogP contribution >= 0.6 is 0 Å². The topological polar surface area (TPSA) is 41.3 Å². The summed E-state index contributed by atoms with van der Waals surface area (Å²) in [5, 5.41) is 3.43. The van der Waals surface area contributed by atoms with E-state index in [4.69, 9.17) is 4.42 Å². The Kier molecular flexibility index (Phi) is 4.08. The Hall–Kier alpha value is -1.65. The first-order valence-corrected chi connectivity index (χ1v) is 7.60. The number of rotatable bonds is 4. The molecule has 1 aliphatic heterocycles. The number of hydrogen-bond acceptors (Lipinski definition) is 4. The minimum absolute atomic E-state index is 0.287. The molecule has 1 aliphatic rings. The molecular formula is C17H23N3O. The van der Waals surface area contributed by atoms with Crippen molar-refractivity contribution in [3.8, 4) is 11.5 Å². The molecule has 0 radical (unpaired) electrons. The van der Waals surface area contributed by atoms with Gasteiger partial charge >= 0.3 is 0 Å². The molecule has 2 heterocycles. The van der Waals surface area contributed by atoms with Crippen LogP contribution in [0.25, 0.3) is 11.5 Å². The van der Waals surface area contributed by atoms with Crippen LogP contribution in [-0.4, -0.2) is 35.6 Å². The highest BCUT2D eigenvalue weighted by Gasteiger charge is 2.28. The van der Waals surface area contributed by atoms with Gasteiger partial charge in [0.25, 0.3) is 0 Å². The number of likely N-dealkylation sites (tertiary alicyclic amines) is 1. The van der Waals surface area contributed by atoms with Crippen LogP contribution in [0.3, 0.4) is 0 Å². The van der Waals surface area contributed by atoms with E-state index in [1.54, 1.807) is 6.26 Å². The summed E-state index contributed by atoms with van der Waals surface area (Å²) >= 11 is 0. The molecule has 0 spiro atoms. The van der Waals surface area contributed by atoms with Crippen LogP contribution in [0.2, 0.25) is 0 Å². The fourth-order valence-electron chi connectivity index (χ4n) is 2.78. The summed E-state index contributed by atoms with van der Waals surface area (Å²) in [4.78, 5) is 7.06. The van der Waals surface area contributed by atoms with Crippen molar-refractivity contribution in [3.05, 3.63) is 42.3 Å². The molecule has 2 aromatic rings. The van der Waals surface area contributed by atoms with Crippen molar-refractivity contribution in [1.82, 2.24) is 15.2 Å². The van der Waals surface area contributed by atoms with E-state index in [1.807, 2.05) is 30.3 Å². The van der Waals surface area contributed by atoms with Crippen molar-refractivity contribution in [2.75, 3.05) is 20.1 Å². The van der Waals surface area contributed by atoms with E-state index in [2.05, 4.69) is 29.2 Å². The Morgan fingerprint density at radius 3 is 2.62 bits per heavy atom. The summed E-state index contributed by atoms with van der Waals surface area (Å²) < 4.78 is 5.60. The number of aromatic nitrogens is 1. The second-order valence-electron chi connectivity index (χ2n) is 6.10. The normalized spacial score (nSPS) is 18.8. The van der Waals surface area contributed by atoms with Gasteiger partial charge in [-0.1, -0.05) is 18.2 Å². The van der Waals surface area contributed by atoms with E-state index in [9.17, 15) is 0 Å². The zero-order chi connectivity index (χ0) is 14.7. The second-order valence-corrected chi connectivity index (χ2v) is 6.10. The molecule has 1 aromatic heterocycles. The number of benzene rings is 1. The molecule has 21 heavy (non-hydrogen) atoms. The largest absolute Gasteiger partial charge is 0.444 e. The lowest BCUT2D eigenvalue weighted by Crippen LogP contribution is -2.49. The van der Waals surface area contributed by atoms with E-state index in [-0.39, 0.29) is 5.54 Å². The van der Waals surface area contributed by atoms with Gasteiger partial charge in [0.05, 0.1) is 5.69 Å². The SMILES string of the molecule is CNC1(C)CCN(Cc2coc(-c3ccccc3)n2)CC1. The first kappa shape index (κ1) is 14.3. The summed E-state index contributed by atoms with van der Waals surface area (Å²) in [7, 11) is 2.05. The van der Waals surface area contributed by atoms with Crippen molar-refractivity contribution < 1.29 is 4.42 Å². The molecule has 4 nitrogen and oxygen atoms in total. The van der Waals surface area contributed by atoms with Gasteiger partial charge in [-0.25, -0.2) is 4.98 Å². The molecule has 1 N–H and O–H groups in total. The average molecular weight is 285 g/mol. The van der Waals surface area contributed by atoms with E-state index >= 15 is 0 Å². The van der Waals surface area contributed by atoms with Crippen molar-refractivity contribution in [3.63, 3.8) is 0 Å². The molecule has 1 aromatic carbocycles. The van der Waals surface area contributed by atoms with Gasteiger partial charge < -0.3 is 9.73 Å². The number of hydrogen-bond donors (Lipinski definition) is 1. The zero-order valence-corrected chi connectivity index (χ0v) is 12.8. The maximum absolute atomic E-state index is 5.60. The van der Waals surface area contributed by atoms with Crippen LogP contribution in [0.1, 0.15) is 25.5 Å². The quantitative estimate of drug-likeness (QED) is 0.938. The van der Waals surface area contributed by atoms with Gasteiger partial charge in [-0.3, -0.25) is 4.90 Å². The molecule has 3 rings (SSSR count). The highest BCUT2D eigenvalue weighted by molar-refractivity contribution is 5.52. The molecule has 112 valence electrons. The predicted octanol–water partition coefficient (Wildman–Crippen LogP) is 2.92. The lowest BCUT2D eigenvalue weighted by Gasteiger charge is -2.39. The summed E-state index contributed by atoms with van der Waals surface area (Å²) in [6.45, 7) is 5.37. The fourth-order valence-corrected chi connectivity index (χ4v) is 2.78. The van der Waals surface area contributed by atoms with Crippen LogP contribution in [0, 0.1) is 0 Å². The average Bonchev–Trinajstić information content (AvgIpc) is 2.99. The Labute approximate surface area is 126 Å². The molecule has 0 unspecified atom stereocenters. The number of nitrogens with one attached hydrogen (secondary N) is 1. The summed E-state index contributed by atoms with van der Waals surface area (Å²) in [5.74, 6) is 0.711. The molecule has 0 bridgehead atoms. The predicted molar refractivity (Wildman–Crippen MR) is 83.9 cm³/mol. The number of nitrogens with zero attached hydrogens (tertiary/aromatic N) is 2. The Balaban J connectivity index is 1.61. The van der Waals surface area contributed by atoms with Gasteiger partial charge in [0.1, 0.15) is 6.26 Å². The third-order valence-electron chi connectivity index (χ3n) is 4.52. The van der Waals surface area contributed by atoms with Crippen LogP contribution in [0.15, 0.2) is 41.0 Å². The van der Waals surface area contributed by atoms with Gasteiger partial charge in [0.15, 0.2) is 0 Å². The van der Waals surface area contributed by atoms with E-state index < -0.39 is 0 Å². The van der Waals surface area contributed by atoms with Gasteiger partial charge in [0.2, 0.25) is 5.89 Å². The molecule has 0 saturated carbocycles. The van der Waals surface area contributed by atoms with E-state index in [1.165, 1.54) is 12.8 Å². The molecule has 1 saturated heterocycles. The van der Waals surface area contributed by atoms with Gasteiger partial charge in [0, 0.05) is 30.7 Å². The van der Waals surface area contributed by atoms with Crippen LogP contribution < -0.4 is 5.32 Å². The third kappa shape index (κ3) is 3.34. The van der Waals surface area contributed by atoms with Crippen LogP contribution in [0.4, 0.5) is 0 Å². The van der Waals surface area contributed by atoms with Crippen LogP contribution in [0.5, 0.6) is 0 Å². The Bertz CT molecular complexity index is 571. The maximum Gasteiger partial charge on any atom is 0.226 e. The van der Waals surface area contributed by atoms with Crippen molar-refractivity contribution >= 4 is 0 Å². The molecule has 1 fully saturated rings. The minimum Gasteiger partial charge on any atom is -0.444 e. The second kappa shape index (κ2) is 6.00. The Morgan fingerprint density at radius 1 is 1.24 bits per heavy atom. The fraction of sp³-hybridized carbons (Fsp3) is 0.471. The summed E-state index contributed by atoms with van der Waals surface area (Å²) in [5.41, 5.74) is 2.34. The van der Waals surface area contributed by atoms with Crippen molar-refractivity contribution in [2.24, 2.45) is 0 Å². The first-order valence-electron chi connectivity index (χ1n) is 7.60. The number of piperidine rings is 1. The monoisotopic (exact) mass is 285 g/mol. The molecule has 4 heteroatoms. The first-order chi connectivity index (χ1) is 10.2. The van der Waals surface area contributed by atoms with Crippen LogP contribution in [-0.2, 0) is 6.54 Å². The van der Waals surface area contributed by atoms with E-state index in [0.29, 0.717) is 5.89 Å². The molecule has 0 aliphatic carbocycles. The standard InChI is InChI=1S/C17H23N3O/c1-17(18-2)8-10-20(11-9-17)12-15-13-21-16(19-15)14-6-4-3-5-7-14/h3-7,13,18H,8-12H2,1-2H3. The van der Waals surface area contributed by atoms with Gasteiger partial charge in [-0.15, -0.1) is 0 Å². The lowest BCUT2D eigenvalue weighted by molar-refractivity contribution is 0.145. The number of oxazole rings is 1. The summed E-state index contributed by atoms with van der Waals surface area (Å²) in [6, 6.07) is 10.1. The minimum atomic E-state index is 0.287. The van der Waals surface area contributed by atoms with Crippen molar-refractivity contribution in [1.29, 1.82) is 0 Å². The highest BCUT2D eigenvalue weighted by atomic mass is 16.3. The molecule has 0 amide bonds. The maximum atomic E-state index is 5.60. The van der Waals surface area contributed by atoms with Gasteiger partial charge in [-0.05, 0) is 38.9 Å². The zero-order valence-electron chi connectivity index (χ0n) is 12.8. The molecule has 0 atom stereocenters. The van der Waals surface area contributed by atoms with E-state index in [0.717, 1.165) is 30.9 Å². The summed E-state index contributed by atoms with van der Waals surface area (Å²) in [6.07, 6.45) is 4.13. The lowest BCUT2D eigenvalue weighted by atomic mass is 9.90. The van der Waals surface area contributed by atoms with Crippen molar-refractivity contribution in [2.45, 2.75) is 31.8 Å². The smallest absolute Gasteiger partial charge is 0.226 e. The Morgan fingerprint density at radius 2 is 1.95 bits per heavy atom. The van der Waals surface area contributed by atoms with Gasteiger partial charge in [-0.2, -0.15) is 0 Å². The molecular weight excluding hydrogens is 262 g/mol.